The van der Waals surface area contributed by atoms with Crippen LogP contribution in [0.25, 0.3) is 0 Å². The first-order chi connectivity index (χ1) is 16.3. The number of benzene rings is 1. The van der Waals surface area contributed by atoms with Crippen LogP contribution in [0.2, 0.25) is 0 Å². The number of hydrogen-bond acceptors (Lipinski definition) is 7. The summed E-state index contributed by atoms with van der Waals surface area (Å²) in [6, 6.07) is 6.86. The standard InChI is InChI=1S/C25H35N3O6/c1-16-22(32-5)14-28(3)25(30)19-12-17(13-26)6-8-20(19)33-15-23-21(31-4)9-7-18(34-23)10-11-27(2)24(16)29/h6,8,12,16,18,21-23H,7,9-11,14-15H2,1-5H3/t16-,18+,21+,22+,23+/m1/s1. The fourth-order valence-electron chi connectivity index (χ4n) is 4.58. The van der Waals surface area contributed by atoms with Crippen LogP contribution in [-0.2, 0) is 19.0 Å². The zero-order chi connectivity index (χ0) is 24.8. The predicted molar refractivity (Wildman–Crippen MR) is 125 cm³/mol. The van der Waals surface area contributed by atoms with E-state index in [1.54, 1.807) is 38.2 Å². The molecule has 5 atom stereocenters. The van der Waals surface area contributed by atoms with Gasteiger partial charge in [0.2, 0.25) is 5.91 Å². The lowest BCUT2D eigenvalue weighted by Gasteiger charge is -2.37. The number of fused-ring (bicyclic) bond motifs is 3. The van der Waals surface area contributed by atoms with Crippen LogP contribution in [0.5, 0.6) is 5.75 Å². The molecule has 2 aliphatic heterocycles. The van der Waals surface area contributed by atoms with E-state index in [0.717, 1.165) is 12.8 Å². The molecule has 1 saturated heterocycles. The van der Waals surface area contributed by atoms with Crippen LogP contribution in [0.1, 0.15) is 42.1 Å². The van der Waals surface area contributed by atoms with E-state index in [4.69, 9.17) is 18.9 Å². The highest BCUT2D eigenvalue weighted by Crippen LogP contribution is 2.28. The Hall–Kier alpha value is -2.67. The fourth-order valence-corrected chi connectivity index (χ4v) is 4.58. The van der Waals surface area contributed by atoms with Crippen molar-refractivity contribution in [3.05, 3.63) is 29.3 Å². The van der Waals surface area contributed by atoms with Crippen LogP contribution in [-0.4, -0.2) is 94.0 Å². The molecule has 2 aliphatic rings. The maximum Gasteiger partial charge on any atom is 0.257 e. The van der Waals surface area contributed by atoms with E-state index in [1.807, 2.05) is 6.92 Å². The number of ether oxygens (including phenoxy) is 4. The third-order valence-electron chi connectivity index (χ3n) is 6.81. The molecule has 0 spiro atoms. The van der Waals surface area contributed by atoms with Crippen molar-refractivity contribution in [3.63, 3.8) is 0 Å². The van der Waals surface area contributed by atoms with Crippen molar-refractivity contribution in [2.45, 2.75) is 50.6 Å². The topological polar surface area (TPSA) is 101 Å². The van der Waals surface area contributed by atoms with Gasteiger partial charge in [-0.2, -0.15) is 5.26 Å². The Labute approximate surface area is 201 Å². The summed E-state index contributed by atoms with van der Waals surface area (Å²) in [6.07, 6.45) is 1.40. The first-order valence-electron chi connectivity index (χ1n) is 11.7. The average molecular weight is 474 g/mol. The SMILES string of the molecule is CO[C@H]1CC[C@H]2CCN(C)C(=O)[C@H](C)[C@@H](OC)CN(C)C(=O)c3cc(C#N)ccc3OC[C@@H]1O2. The lowest BCUT2D eigenvalue weighted by Crippen LogP contribution is -2.47. The van der Waals surface area contributed by atoms with Crippen molar-refractivity contribution in [3.8, 4) is 11.8 Å². The number of nitriles is 1. The second-order valence-corrected chi connectivity index (χ2v) is 9.08. The van der Waals surface area contributed by atoms with Gasteiger partial charge in [-0.1, -0.05) is 6.92 Å². The van der Waals surface area contributed by atoms with Gasteiger partial charge in [-0.15, -0.1) is 0 Å². The molecule has 2 heterocycles. The highest BCUT2D eigenvalue weighted by atomic mass is 16.6. The van der Waals surface area contributed by atoms with E-state index in [9.17, 15) is 14.9 Å². The molecule has 0 aliphatic carbocycles. The smallest absolute Gasteiger partial charge is 0.257 e. The van der Waals surface area contributed by atoms with Gasteiger partial charge < -0.3 is 28.7 Å². The lowest BCUT2D eigenvalue weighted by molar-refractivity contribution is -0.147. The van der Waals surface area contributed by atoms with Crippen LogP contribution in [0.15, 0.2) is 18.2 Å². The molecule has 9 heteroatoms. The third kappa shape index (κ3) is 5.87. The number of rotatable bonds is 2. The Kier molecular flexibility index (Phi) is 8.89. The van der Waals surface area contributed by atoms with Crippen LogP contribution in [0.4, 0.5) is 0 Å². The molecule has 2 bridgehead atoms. The number of hydrogen-bond donors (Lipinski definition) is 0. The summed E-state index contributed by atoms with van der Waals surface area (Å²) in [5.41, 5.74) is 0.636. The molecule has 0 radical (unpaired) electrons. The van der Waals surface area contributed by atoms with Crippen LogP contribution < -0.4 is 4.74 Å². The molecule has 186 valence electrons. The summed E-state index contributed by atoms with van der Waals surface area (Å²) < 4.78 is 23.6. The lowest BCUT2D eigenvalue weighted by atomic mass is 9.98. The fraction of sp³-hybridized carbons (Fsp3) is 0.640. The minimum atomic E-state index is -0.488. The Morgan fingerprint density at radius 2 is 1.79 bits per heavy atom. The molecule has 9 nitrogen and oxygen atoms in total. The van der Waals surface area contributed by atoms with E-state index in [2.05, 4.69) is 6.07 Å². The van der Waals surface area contributed by atoms with Crippen molar-refractivity contribution < 1.29 is 28.5 Å². The van der Waals surface area contributed by atoms with Gasteiger partial charge in [0.25, 0.3) is 5.91 Å². The molecule has 0 unspecified atom stereocenters. The van der Waals surface area contributed by atoms with Gasteiger partial charge in [-0.25, -0.2) is 0 Å². The monoisotopic (exact) mass is 473 g/mol. The van der Waals surface area contributed by atoms with Crippen LogP contribution >= 0.6 is 0 Å². The largest absolute Gasteiger partial charge is 0.490 e. The van der Waals surface area contributed by atoms with Crippen molar-refractivity contribution in [1.82, 2.24) is 9.80 Å². The summed E-state index contributed by atoms with van der Waals surface area (Å²) in [6.45, 7) is 2.80. The second kappa shape index (κ2) is 11.6. The second-order valence-electron chi connectivity index (χ2n) is 9.08. The highest BCUT2D eigenvalue weighted by molar-refractivity contribution is 5.97. The molecular weight excluding hydrogens is 438 g/mol. The van der Waals surface area contributed by atoms with Gasteiger partial charge in [0.05, 0.1) is 41.4 Å². The Morgan fingerprint density at radius 1 is 1.06 bits per heavy atom. The van der Waals surface area contributed by atoms with E-state index >= 15 is 0 Å². The van der Waals surface area contributed by atoms with E-state index in [0.29, 0.717) is 24.3 Å². The maximum absolute atomic E-state index is 13.4. The van der Waals surface area contributed by atoms with Gasteiger partial charge in [0.15, 0.2) is 0 Å². The molecule has 34 heavy (non-hydrogen) atoms. The number of carbonyl (C=O) groups excluding carboxylic acids is 2. The zero-order valence-electron chi connectivity index (χ0n) is 20.7. The van der Waals surface area contributed by atoms with Crippen LogP contribution in [0.3, 0.4) is 0 Å². The number of methoxy groups -OCH3 is 2. The summed E-state index contributed by atoms with van der Waals surface area (Å²) in [5.74, 6) is -0.434. The Morgan fingerprint density at radius 3 is 2.47 bits per heavy atom. The van der Waals surface area contributed by atoms with Gasteiger partial charge in [0, 0.05) is 41.4 Å². The summed E-state index contributed by atoms with van der Waals surface area (Å²) in [4.78, 5) is 29.7. The van der Waals surface area contributed by atoms with Gasteiger partial charge in [-0.05, 0) is 37.5 Å². The first-order valence-corrected chi connectivity index (χ1v) is 11.7. The number of carbonyl (C=O) groups is 2. The normalized spacial score (nSPS) is 29.2. The minimum Gasteiger partial charge on any atom is -0.490 e. The predicted octanol–water partition coefficient (Wildman–Crippen LogP) is 2.08. The number of nitrogens with zero attached hydrogens (tertiary/aromatic N) is 3. The average Bonchev–Trinajstić information content (AvgIpc) is 2.86. The highest BCUT2D eigenvalue weighted by Gasteiger charge is 2.34. The van der Waals surface area contributed by atoms with Crippen molar-refractivity contribution >= 4 is 11.8 Å². The molecule has 1 aromatic carbocycles. The first kappa shape index (κ1) is 25.9. The van der Waals surface area contributed by atoms with Crippen molar-refractivity contribution in [1.29, 1.82) is 5.26 Å². The molecule has 2 amide bonds. The molecule has 1 fully saturated rings. The third-order valence-corrected chi connectivity index (χ3v) is 6.81. The molecular formula is C25H35N3O6. The molecule has 3 rings (SSSR count). The van der Waals surface area contributed by atoms with Crippen molar-refractivity contribution in [2.24, 2.45) is 5.92 Å². The molecule has 0 saturated carbocycles. The van der Waals surface area contributed by atoms with E-state index < -0.39 is 12.0 Å². The zero-order valence-corrected chi connectivity index (χ0v) is 20.7. The van der Waals surface area contributed by atoms with Gasteiger partial charge in [0.1, 0.15) is 18.5 Å². The quantitative estimate of drug-likeness (QED) is 0.648. The van der Waals surface area contributed by atoms with Crippen LogP contribution in [0, 0.1) is 17.2 Å². The van der Waals surface area contributed by atoms with E-state index in [-0.39, 0.29) is 48.8 Å². The summed E-state index contributed by atoms with van der Waals surface area (Å²) >= 11 is 0. The molecule has 1 aromatic rings. The summed E-state index contributed by atoms with van der Waals surface area (Å²) in [5, 5.41) is 9.36. The molecule has 0 aromatic heterocycles. The summed E-state index contributed by atoms with van der Waals surface area (Å²) in [7, 11) is 6.62. The van der Waals surface area contributed by atoms with E-state index in [1.165, 1.54) is 18.1 Å². The minimum absolute atomic E-state index is 0.0233. The van der Waals surface area contributed by atoms with Crippen molar-refractivity contribution in [2.75, 3.05) is 48.0 Å². The number of likely N-dealkylation sites (N-methyl/N-ethyl adjacent to an activating group) is 1. The maximum atomic E-state index is 13.4. The Balaban J connectivity index is 1.96. The van der Waals surface area contributed by atoms with Gasteiger partial charge >= 0.3 is 0 Å². The number of amides is 2. The Bertz CT molecular complexity index is 916. The molecule has 0 N–H and O–H groups in total. The van der Waals surface area contributed by atoms with Gasteiger partial charge in [-0.3, -0.25) is 9.59 Å².